The van der Waals surface area contributed by atoms with Gasteiger partial charge in [-0.3, -0.25) is 4.79 Å². The minimum Gasteiger partial charge on any atom is -0.383 e. The first-order chi connectivity index (χ1) is 8.56. The van der Waals surface area contributed by atoms with E-state index in [0.29, 0.717) is 25.4 Å². The molecule has 0 aliphatic rings. The molecule has 5 nitrogen and oxygen atoms in total. The molecule has 0 saturated carbocycles. The van der Waals surface area contributed by atoms with Gasteiger partial charge >= 0.3 is 0 Å². The van der Waals surface area contributed by atoms with Crippen molar-refractivity contribution in [2.75, 3.05) is 25.6 Å². The Bertz CT molecular complexity index is 479. The van der Waals surface area contributed by atoms with Gasteiger partial charge in [-0.1, -0.05) is 23.3 Å². The quantitative estimate of drug-likeness (QED) is 0.803. The predicted octanol–water partition coefficient (Wildman–Crippen LogP) is 1.92. The van der Waals surface area contributed by atoms with Gasteiger partial charge in [0.15, 0.2) is 0 Å². The summed E-state index contributed by atoms with van der Waals surface area (Å²) in [6, 6.07) is 0. The van der Waals surface area contributed by atoms with E-state index in [1.165, 1.54) is 10.3 Å². The van der Waals surface area contributed by atoms with Crippen LogP contribution < -0.4 is 10.9 Å². The Labute approximate surface area is 111 Å². The van der Waals surface area contributed by atoms with Crippen molar-refractivity contribution < 1.29 is 4.74 Å². The van der Waals surface area contributed by atoms with Crippen molar-refractivity contribution in [3.63, 3.8) is 0 Å². The number of allylic oxidation sites excluding steroid dienone is 1. The fourth-order valence-electron chi connectivity index (χ4n) is 1.29. The Hall–Kier alpha value is -1.33. The summed E-state index contributed by atoms with van der Waals surface area (Å²) in [5.41, 5.74) is 1.43. The number of nitrogens with zero attached hydrogens (tertiary/aromatic N) is 2. The maximum absolute atomic E-state index is 11.8. The predicted molar refractivity (Wildman–Crippen MR) is 73.3 cm³/mol. The number of nitrogens with one attached hydrogen (secondary N) is 1. The molecule has 0 atom stereocenters. The molecular formula is C12H18ClN3O2. The molecular weight excluding hydrogens is 254 g/mol. The first-order valence-corrected chi connectivity index (χ1v) is 6.06. The molecule has 100 valence electrons. The van der Waals surface area contributed by atoms with E-state index >= 15 is 0 Å². The summed E-state index contributed by atoms with van der Waals surface area (Å²) in [5, 5.41) is 7.24. The van der Waals surface area contributed by atoms with Crippen molar-refractivity contribution in [1.82, 2.24) is 9.78 Å². The van der Waals surface area contributed by atoms with Crippen LogP contribution in [0.3, 0.4) is 0 Å². The second-order valence-electron chi connectivity index (χ2n) is 4.06. The van der Waals surface area contributed by atoms with E-state index in [4.69, 9.17) is 16.3 Å². The van der Waals surface area contributed by atoms with E-state index in [0.717, 1.165) is 0 Å². The standard InChI is InChI=1S/C12H18ClN3O2/c1-9(2)4-5-14-10-8-15-16(6-7-18-3)12(17)11(10)13/h4,8,14H,5-7H2,1-3H3. The fraction of sp³-hybridized carbons (Fsp3) is 0.500. The van der Waals surface area contributed by atoms with Crippen LogP contribution in [-0.4, -0.2) is 30.0 Å². The maximum Gasteiger partial charge on any atom is 0.287 e. The number of halogens is 1. The van der Waals surface area contributed by atoms with Crippen LogP contribution >= 0.6 is 11.6 Å². The lowest BCUT2D eigenvalue weighted by Crippen LogP contribution is -2.26. The van der Waals surface area contributed by atoms with Crippen molar-refractivity contribution >= 4 is 17.3 Å². The highest BCUT2D eigenvalue weighted by Crippen LogP contribution is 2.14. The van der Waals surface area contributed by atoms with Gasteiger partial charge in [-0.15, -0.1) is 0 Å². The average molecular weight is 272 g/mol. The Balaban J connectivity index is 2.80. The lowest BCUT2D eigenvalue weighted by Gasteiger charge is -2.08. The van der Waals surface area contributed by atoms with Crippen LogP contribution in [-0.2, 0) is 11.3 Å². The molecule has 0 fully saturated rings. The molecule has 1 N–H and O–H groups in total. The van der Waals surface area contributed by atoms with Crippen molar-refractivity contribution in [3.05, 3.63) is 33.2 Å². The third kappa shape index (κ3) is 4.16. The van der Waals surface area contributed by atoms with E-state index in [9.17, 15) is 4.79 Å². The van der Waals surface area contributed by atoms with Gasteiger partial charge < -0.3 is 10.1 Å². The van der Waals surface area contributed by atoms with Crippen molar-refractivity contribution in [1.29, 1.82) is 0 Å². The molecule has 1 aromatic rings. The molecule has 0 radical (unpaired) electrons. The minimum atomic E-state index is -0.309. The summed E-state index contributed by atoms with van der Waals surface area (Å²) >= 11 is 6.00. The number of hydrogen-bond donors (Lipinski definition) is 1. The summed E-state index contributed by atoms with van der Waals surface area (Å²) in [6.07, 6.45) is 3.56. The summed E-state index contributed by atoms with van der Waals surface area (Å²) in [7, 11) is 1.57. The van der Waals surface area contributed by atoms with E-state index in [1.54, 1.807) is 13.3 Å². The molecule has 0 unspecified atom stereocenters. The van der Waals surface area contributed by atoms with Crippen molar-refractivity contribution in [2.45, 2.75) is 20.4 Å². The smallest absolute Gasteiger partial charge is 0.287 e. The van der Waals surface area contributed by atoms with Gasteiger partial charge in [0.05, 0.1) is 25.0 Å². The SMILES string of the molecule is COCCn1ncc(NCC=C(C)C)c(Cl)c1=O. The van der Waals surface area contributed by atoms with E-state index in [-0.39, 0.29) is 10.6 Å². The van der Waals surface area contributed by atoms with Crippen LogP contribution in [0.15, 0.2) is 22.6 Å². The van der Waals surface area contributed by atoms with Gasteiger partial charge in [-0.25, -0.2) is 4.68 Å². The van der Waals surface area contributed by atoms with E-state index < -0.39 is 0 Å². The van der Waals surface area contributed by atoms with Crippen LogP contribution in [0.4, 0.5) is 5.69 Å². The second-order valence-corrected chi connectivity index (χ2v) is 4.43. The fourth-order valence-corrected chi connectivity index (χ4v) is 1.50. The number of hydrogen-bond acceptors (Lipinski definition) is 4. The van der Waals surface area contributed by atoms with Gasteiger partial charge in [0.1, 0.15) is 5.02 Å². The van der Waals surface area contributed by atoms with E-state index in [1.807, 2.05) is 19.9 Å². The van der Waals surface area contributed by atoms with Gasteiger partial charge in [-0.05, 0) is 13.8 Å². The molecule has 6 heteroatoms. The summed E-state index contributed by atoms with van der Waals surface area (Å²) in [6.45, 7) is 5.44. The molecule has 0 saturated heterocycles. The van der Waals surface area contributed by atoms with Crippen LogP contribution in [0.5, 0.6) is 0 Å². The van der Waals surface area contributed by atoms with Gasteiger partial charge in [0.2, 0.25) is 0 Å². The van der Waals surface area contributed by atoms with Crippen LogP contribution in [0.1, 0.15) is 13.8 Å². The summed E-state index contributed by atoms with van der Waals surface area (Å²) in [4.78, 5) is 11.8. The Morgan fingerprint density at radius 1 is 1.61 bits per heavy atom. The molecule has 1 rings (SSSR count). The molecule has 1 heterocycles. The average Bonchev–Trinajstić information content (AvgIpc) is 2.33. The lowest BCUT2D eigenvalue weighted by molar-refractivity contribution is 0.182. The van der Waals surface area contributed by atoms with E-state index in [2.05, 4.69) is 10.4 Å². The van der Waals surface area contributed by atoms with Gasteiger partial charge in [0.25, 0.3) is 5.56 Å². The van der Waals surface area contributed by atoms with Crippen LogP contribution in [0.25, 0.3) is 0 Å². The van der Waals surface area contributed by atoms with Crippen LogP contribution in [0.2, 0.25) is 5.02 Å². The van der Waals surface area contributed by atoms with Crippen molar-refractivity contribution in [2.24, 2.45) is 0 Å². The Morgan fingerprint density at radius 2 is 2.33 bits per heavy atom. The topological polar surface area (TPSA) is 56.1 Å². The zero-order valence-electron chi connectivity index (χ0n) is 10.9. The van der Waals surface area contributed by atoms with Gasteiger partial charge in [0, 0.05) is 13.7 Å². The zero-order chi connectivity index (χ0) is 13.5. The number of methoxy groups -OCH3 is 1. The zero-order valence-corrected chi connectivity index (χ0v) is 11.6. The molecule has 0 amide bonds. The minimum absolute atomic E-state index is 0.156. The Kier molecular flexibility index (Phi) is 5.88. The number of aromatic nitrogens is 2. The molecule has 0 aliphatic carbocycles. The monoisotopic (exact) mass is 271 g/mol. The first kappa shape index (κ1) is 14.7. The van der Waals surface area contributed by atoms with Gasteiger partial charge in [-0.2, -0.15) is 5.10 Å². The normalized spacial score (nSPS) is 10.2. The largest absolute Gasteiger partial charge is 0.383 e. The van der Waals surface area contributed by atoms with Crippen LogP contribution in [0, 0.1) is 0 Å². The highest BCUT2D eigenvalue weighted by atomic mass is 35.5. The Morgan fingerprint density at radius 3 is 2.94 bits per heavy atom. The molecule has 18 heavy (non-hydrogen) atoms. The number of ether oxygens (including phenoxy) is 1. The molecule has 0 aliphatic heterocycles. The third-order valence-electron chi connectivity index (χ3n) is 2.29. The number of rotatable bonds is 6. The summed E-state index contributed by atoms with van der Waals surface area (Å²) in [5.74, 6) is 0. The molecule has 0 spiro atoms. The number of anilines is 1. The highest BCUT2D eigenvalue weighted by Gasteiger charge is 2.08. The molecule has 0 aromatic carbocycles. The highest BCUT2D eigenvalue weighted by molar-refractivity contribution is 6.32. The lowest BCUT2D eigenvalue weighted by atomic mass is 10.3. The first-order valence-electron chi connectivity index (χ1n) is 5.68. The second kappa shape index (κ2) is 7.18. The molecule has 0 bridgehead atoms. The molecule has 1 aromatic heterocycles. The maximum atomic E-state index is 11.8. The van der Waals surface area contributed by atoms with Crippen molar-refractivity contribution in [3.8, 4) is 0 Å². The summed E-state index contributed by atoms with van der Waals surface area (Å²) < 4.78 is 6.19. The third-order valence-corrected chi connectivity index (χ3v) is 2.66.